The highest BCUT2D eigenvalue weighted by atomic mass is 32.2. The van der Waals surface area contributed by atoms with Crippen molar-refractivity contribution < 1.29 is 13.2 Å². The number of amides is 1. The molecule has 158 valence electrons. The van der Waals surface area contributed by atoms with E-state index in [0.29, 0.717) is 25.7 Å². The van der Waals surface area contributed by atoms with Gasteiger partial charge in [0.1, 0.15) is 6.54 Å². The van der Waals surface area contributed by atoms with E-state index >= 15 is 0 Å². The average molecular weight is 419 g/mol. The van der Waals surface area contributed by atoms with E-state index in [-0.39, 0.29) is 11.7 Å². The smallest absolute Gasteiger partial charge is 0.240 e. The summed E-state index contributed by atoms with van der Waals surface area (Å²) in [6, 6.07) is 8.59. The Hall–Kier alpha value is -1.90. The van der Waals surface area contributed by atoms with Gasteiger partial charge >= 0.3 is 0 Å². The molecule has 4 rings (SSSR count). The summed E-state index contributed by atoms with van der Waals surface area (Å²) in [7, 11) is -3.12. The number of nitrogens with zero attached hydrogens (tertiary/aromatic N) is 3. The number of fused-ring (bicyclic) bond motifs is 1. The van der Waals surface area contributed by atoms with Crippen molar-refractivity contribution in [2.75, 3.05) is 31.9 Å². The van der Waals surface area contributed by atoms with Gasteiger partial charge in [-0.1, -0.05) is 18.2 Å². The number of hydrogen-bond donors (Lipinski definition) is 1. The molecule has 1 amide bonds. The van der Waals surface area contributed by atoms with Crippen LogP contribution in [0, 0.1) is 6.92 Å². The molecule has 2 aromatic rings. The molecule has 7 nitrogen and oxygen atoms in total. The van der Waals surface area contributed by atoms with Crippen LogP contribution in [-0.4, -0.2) is 66.1 Å². The van der Waals surface area contributed by atoms with Gasteiger partial charge in [0.05, 0.1) is 5.75 Å². The summed E-state index contributed by atoms with van der Waals surface area (Å²) < 4.78 is 27.9. The molecule has 2 heterocycles. The molecular formula is C21H30N4O3S. The van der Waals surface area contributed by atoms with E-state index in [9.17, 15) is 13.2 Å². The summed E-state index contributed by atoms with van der Waals surface area (Å²) in [6.07, 6.45) is 2.17. The predicted octanol–water partition coefficient (Wildman–Crippen LogP) is 1.70. The number of piperazine rings is 1. The van der Waals surface area contributed by atoms with Crippen LogP contribution >= 0.6 is 0 Å². The monoisotopic (exact) mass is 418 g/mol. The second-order valence-corrected chi connectivity index (χ2v) is 10.3. The number of nitrogens with one attached hydrogen (secondary N) is 1. The third-order valence-corrected chi connectivity index (χ3v) is 7.96. The molecular weight excluding hydrogens is 388 g/mol. The first kappa shape index (κ1) is 20.4. The van der Waals surface area contributed by atoms with Gasteiger partial charge in [-0.15, -0.1) is 0 Å². The summed E-state index contributed by atoms with van der Waals surface area (Å²) >= 11 is 0. The van der Waals surface area contributed by atoms with Crippen LogP contribution in [-0.2, 0) is 27.9 Å². The number of hydrogen-bond acceptors (Lipinski definition) is 4. The van der Waals surface area contributed by atoms with Crippen molar-refractivity contribution in [1.29, 1.82) is 0 Å². The van der Waals surface area contributed by atoms with E-state index in [0.717, 1.165) is 43.7 Å². The van der Waals surface area contributed by atoms with Gasteiger partial charge in [0.25, 0.3) is 0 Å². The standard InChI is InChI=1S/C21H30N4O3S/c1-3-29(27,28)24-12-10-23(11-13-24)14-19-16(2)25(15-21(26)22-17-8-9-17)20-7-5-4-6-18(19)20/h4-7,17H,3,8-15H2,1-2H3,(H,22,26). The summed E-state index contributed by atoms with van der Waals surface area (Å²) in [5.74, 6) is 0.226. The average Bonchev–Trinajstić information content (AvgIpc) is 3.50. The molecule has 0 atom stereocenters. The molecule has 1 aromatic carbocycles. The molecule has 0 bridgehead atoms. The van der Waals surface area contributed by atoms with E-state index in [4.69, 9.17) is 0 Å². The minimum absolute atomic E-state index is 0.0706. The van der Waals surface area contributed by atoms with Crippen LogP contribution in [0.1, 0.15) is 31.0 Å². The maximum Gasteiger partial charge on any atom is 0.240 e. The van der Waals surface area contributed by atoms with Crippen molar-refractivity contribution in [2.24, 2.45) is 0 Å². The molecule has 0 spiro atoms. The van der Waals surface area contributed by atoms with Crippen molar-refractivity contribution in [3.63, 3.8) is 0 Å². The van der Waals surface area contributed by atoms with Crippen LogP contribution in [0.15, 0.2) is 24.3 Å². The van der Waals surface area contributed by atoms with Crippen LogP contribution in [0.25, 0.3) is 10.9 Å². The van der Waals surface area contributed by atoms with Crippen molar-refractivity contribution in [1.82, 2.24) is 19.1 Å². The number of para-hydroxylation sites is 1. The second kappa shape index (κ2) is 8.08. The molecule has 1 saturated carbocycles. The van der Waals surface area contributed by atoms with E-state index in [1.807, 2.05) is 12.1 Å². The fourth-order valence-corrected chi connectivity index (χ4v) is 5.21. The Labute approximate surface area is 172 Å². The molecule has 8 heteroatoms. The molecule has 1 saturated heterocycles. The zero-order valence-electron chi connectivity index (χ0n) is 17.2. The summed E-state index contributed by atoms with van der Waals surface area (Å²) in [6.45, 7) is 7.40. The van der Waals surface area contributed by atoms with Gasteiger partial charge in [-0.3, -0.25) is 9.69 Å². The third-order valence-electron chi connectivity index (χ3n) is 6.08. The van der Waals surface area contributed by atoms with E-state index in [1.54, 1.807) is 11.2 Å². The highest BCUT2D eigenvalue weighted by Gasteiger charge is 2.27. The SMILES string of the molecule is CCS(=O)(=O)N1CCN(Cc2c(C)n(CC(=O)NC3CC3)c3ccccc23)CC1. The number of sulfonamides is 1. The lowest BCUT2D eigenvalue weighted by molar-refractivity contribution is -0.121. The highest BCUT2D eigenvalue weighted by Crippen LogP contribution is 2.28. The van der Waals surface area contributed by atoms with Gasteiger partial charge in [-0.2, -0.15) is 4.31 Å². The summed E-state index contributed by atoms with van der Waals surface area (Å²) in [4.78, 5) is 14.7. The van der Waals surface area contributed by atoms with Crippen molar-refractivity contribution >= 4 is 26.8 Å². The largest absolute Gasteiger partial charge is 0.352 e. The fourth-order valence-electron chi connectivity index (χ4n) is 4.12. The quantitative estimate of drug-likeness (QED) is 0.743. The predicted molar refractivity (Wildman–Crippen MR) is 114 cm³/mol. The summed E-state index contributed by atoms with van der Waals surface area (Å²) in [5.41, 5.74) is 3.42. The number of benzene rings is 1. The van der Waals surface area contributed by atoms with Gasteiger partial charge in [-0.05, 0) is 38.3 Å². The van der Waals surface area contributed by atoms with Crippen LogP contribution < -0.4 is 5.32 Å². The molecule has 1 aromatic heterocycles. The first-order valence-corrected chi connectivity index (χ1v) is 12.1. The first-order valence-electron chi connectivity index (χ1n) is 10.5. The van der Waals surface area contributed by atoms with Crippen LogP contribution in [0.5, 0.6) is 0 Å². The minimum atomic E-state index is -3.12. The van der Waals surface area contributed by atoms with Gasteiger partial charge < -0.3 is 9.88 Å². The number of carbonyl (C=O) groups excluding carboxylic acids is 1. The van der Waals surface area contributed by atoms with Crippen molar-refractivity contribution in [3.05, 3.63) is 35.5 Å². The Morgan fingerprint density at radius 3 is 2.48 bits per heavy atom. The highest BCUT2D eigenvalue weighted by molar-refractivity contribution is 7.89. The molecule has 1 aliphatic carbocycles. The van der Waals surface area contributed by atoms with Crippen LogP contribution in [0.4, 0.5) is 0 Å². The molecule has 2 fully saturated rings. The Kier molecular flexibility index (Phi) is 5.68. The molecule has 0 unspecified atom stereocenters. The Morgan fingerprint density at radius 2 is 1.83 bits per heavy atom. The Bertz CT molecular complexity index is 1000. The second-order valence-electron chi connectivity index (χ2n) is 8.08. The zero-order valence-corrected chi connectivity index (χ0v) is 18.0. The van der Waals surface area contributed by atoms with Crippen molar-refractivity contribution in [2.45, 2.75) is 45.8 Å². The molecule has 29 heavy (non-hydrogen) atoms. The maximum absolute atomic E-state index is 12.4. The lowest BCUT2D eigenvalue weighted by Gasteiger charge is -2.33. The van der Waals surface area contributed by atoms with Gasteiger partial charge in [0, 0.05) is 55.4 Å². The number of carbonyl (C=O) groups is 1. The molecule has 0 radical (unpaired) electrons. The van der Waals surface area contributed by atoms with E-state index in [1.165, 1.54) is 10.9 Å². The number of aromatic nitrogens is 1. The lowest BCUT2D eigenvalue weighted by atomic mass is 10.1. The molecule has 1 N–H and O–H groups in total. The molecule has 2 aliphatic rings. The summed E-state index contributed by atoms with van der Waals surface area (Å²) in [5, 5.41) is 4.25. The Balaban J connectivity index is 1.52. The van der Waals surface area contributed by atoms with E-state index in [2.05, 4.69) is 33.8 Å². The van der Waals surface area contributed by atoms with Gasteiger partial charge in [0.15, 0.2) is 0 Å². The normalized spacial score (nSPS) is 19.0. The van der Waals surface area contributed by atoms with Crippen LogP contribution in [0.3, 0.4) is 0 Å². The maximum atomic E-state index is 12.4. The van der Waals surface area contributed by atoms with Gasteiger partial charge in [-0.25, -0.2) is 8.42 Å². The van der Waals surface area contributed by atoms with Crippen molar-refractivity contribution in [3.8, 4) is 0 Å². The Morgan fingerprint density at radius 1 is 1.14 bits per heavy atom. The fraction of sp³-hybridized carbons (Fsp3) is 0.571. The van der Waals surface area contributed by atoms with Crippen LogP contribution in [0.2, 0.25) is 0 Å². The first-order chi connectivity index (χ1) is 13.9. The molecule has 1 aliphatic heterocycles. The van der Waals surface area contributed by atoms with E-state index < -0.39 is 10.0 Å². The topological polar surface area (TPSA) is 74.7 Å². The minimum Gasteiger partial charge on any atom is -0.352 e. The third kappa shape index (κ3) is 4.34. The number of rotatable bonds is 7. The lowest BCUT2D eigenvalue weighted by Crippen LogP contribution is -2.48. The zero-order chi connectivity index (χ0) is 20.6. The van der Waals surface area contributed by atoms with Gasteiger partial charge in [0.2, 0.25) is 15.9 Å².